The van der Waals surface area contributed by atoms with Gasteiger partial charge in [-0.1, -0.05) is 31.2 Å². The summed E-state index contributed by atoms with van der Waals surface area (Å²) in [5.41, 5.74) is 1.83. The highest BCUT2D eigenvalue weighted by atomic mass is 16.1. The van der Waals surface area contributed by atoms with Gasteiger partial charge in [0.25, 0.3) is 5.91 Å². The van der Waals surface area contributed by atoms with Crippen LogP contribution in [0.5, 0.6) is 0 Å². The summed E-state index contributed by atoms with van der Waals surface area (Å²) in [6.45, 7) is 9.62. The molecule has 2 aromatic rings. The quantitative estimate of drug-likeness (QED) is 0.833. The maximum atomic E-state index is 12.7. The number of rotatable bonds is 6. The van der Waals surface area contributed by atoms with Crippen LogP contribution in [0.1, 0.15) is 30.1 Å². The zero-order valence-electron chi connectivity index (χ0n) is 13.8. The predicted octanol–water partition coefficient (Wildman–Crippen LogP) is 3.04. The smallest absolute Gasteiger partial charge is 0.253 e. The molecule has 1 aliphatic rings. The lowest BCUT2D eigenvalue weighted by molar-refractivity contribution is 0.0943. The summed E-state index contributed by atoms with van der Waals surface area (Å²) in [6.07, 6.45) is 6.19. The van der Waals surface area contributed by atoms with Crippen molar-refractivity contribution < 1.29 is 4.79 Å². The van der Waals surface area contributed by atoms with Gasteiger partial charge in [0.15, 0.2) is 0 Å². The van der Waals surface area contributed by atoms with Crippen molar-refractivity contribution in [3.63, 3.8) is 0 Å². The second-order valence-corrected chi connectivity index (χ2v) is 6.14. The lowest BCUT2D eigenvalue weighted by Gasteiger charge is -2.22. The highest BCUT2D eigenvalue weighted by Gasteiger charge is 2.24. The van der Waals surface area contributed by atoms with Crippen molar-refractivity contribution in [1.82, 2.24) is 14.8 Å². The van der Waals surface area contributed by atoms with Crippen LogP contribution in [0.25, 0.3) is 10.9 Å². The molecule has 0 radical (unpaired) electrons. The molecule has 4 nitrogen and oxygen atoms in total. The second-order valence-electron chi connectivity index (χ2n) is 6.14. The van der Waals surface area contributed by atoms with Crippen molar-refractivity contribution in [3.05, 3.63) is 48.7 Å². The SMILES string of the molecule is C=CCn1cc(C(=O)NC[C@H]2CCCN2CC)c2ccccc21. The van der Waals surface area contributed by atoms with Crippen LogP contribution in [0.2, 0.25) is 0 Å². The molecule has 3 rings (SSSR count). The number of para-hydroxylation sites is 1. The van der Waals surface area contributed by atoms with E-state index in [2.05, 4.69) is 28.3 Å². The fraction of sp³-hybridized carbons (Fsp3) is 0.421. The van der Waals surface area contributed by atoms with E-state index in [1.54, 1.807) is 0 Å². The van der Waals surface area contributed by atoms with Crippen LogP contribution in [-0.2, 0) is 6.54 Å². The zero-order chi connectivity index (χ0) is 16.2. The Kier molecular flexibility index (Phi) is 4.82. The first-order valence-electron chi connectivity index (χ1n) is 8.45. The monoisotopic (exact) mass is 311 g/mol. The maximum absolute atomic E-state index is 12.7. The minimum absolute atomic E-state index is 0.0203. The molecular formula is C19H25N3O. The van der Waals surface area contributed by atoms with Gasteiger partial charge in [-0.05, 0) is 32.0 Å². The first-order valence-corrected chi connectivity index (χ1v) is 8.45. The molecular weight excluding hydrogens is 286 g/mol. The first-order chi connectivity index (χ1) is 11.2. The molecule has 122 valence electrons. The molecule has 1 N–H and O–H groups in total. The van der Waals surface area contributed by atoms with Gasteiger partial charge in [0.2, 0.25) is 0 Å². The van der Waals surface area contributed by atoms with Gasteiger partial charge in [-0.3, -0.25) is 9.69 Å². The minimum atomic E-state index is 0.0203. The number of nitrogens with zero attached hydrogens (tertiary/aromatic N) is 2. The van der Waals surface area contributed by atoms with Gasteiger partial charge in [-0.15, -0.1) is 6.58 Å². The van der Waals surface area contributed by atoms with E-state index >= 15 is 0 Å². The molecule has 1 aromatic heterocycles. The summed E-state index contributed by atoms with van der Waals surface area (Å²) in [6, 6.07) is 8.52. The number of benzene rings is 1. The van der Waals surface area contributed by atoms with Crippen molar-refractivity contribution in [2.45, 2.75) is 32.4 Å². The number of likely N-dealkylation sites (N-methyl/N-ethyl adjacent to an activating group) is 1. The summed E-state index contributed by atoms with van der Waals surface area (Å²) in [7, 11) is 0. The Morgan fingerprint density at radius 3 is 3.04 bits per heavy atom. The number of likely N-dealkylation sites (tertiary alicyclic amines) is 1. The van der Waals surface area contributed by atoms with Crippen LogP contribution >= 0.6 is 0 Å². The number of allylic oxidation sites excluding steroid dienone is 1. The average molecular weight is 311 g/mol. The summed E-state index contributed by atoms with van der Waals surface area (Å²) in [5, 5.41) is 4.14. The number of amides is 1. The van der Waals surface area contributed by atoms with Gasteiger partial charge >= 0.3 is 0 Å². The Labute approximate surface area is 137 Å². The molecule has 1 fully saturated rings. The van der Waals surface area contributed by atoms with Gasteiger partial charge < -0.3 is 9.88 Å². The molecule has 0 unspecified atom stereocenters. The van der Waals surface area contributed by atoms with Crippen molar-refractivity contribution >= 4 is 16.8 Å². The van der Waals surface area contributed by atoms with Crippen molar-refractivity contribution in [3.8, 4) is 0 Å². The molecule has 0 spiro atoms. The van der Waals surface area contributed by atoms with Crippen LogP contribution in [0.3, 0.4) is 0 Å². The van der Waals surface area contributed by atoms with Gasteiger partial charge in [0, 0.05) is 36.2 Å². The Hall–Kier alpha value is -2.07. The Balaban J connectivity index is 1.77. The van der Waals surface area contributed by atoms with Crippen LogP contribution < -0.4 is 5.32 Å². The summed E-state index contributed by atoms with van der Waals surface area (Å²) in [5.74, 6) is 0.0203. The molecule has 1 aromatic carbocycles. The third kappa shape index (κ3) is 3.17. The number of carbonyl (C=O) groups excluding carboxylic acids is 1. The Bertz CT molecular complexity index is 704. The van der Waals surface area contributed by atoms with E-state index in [0.717, 1.165) is 36.1 Å². The van der Waals surface area contributed by atoms with Crippen molar-refractivity contribution in [2.24, 2.45) is 0 Å². The van der Waals surface area contributed by atoms with Gasteiger partial charge in [0.05, 0.1) is 5.56 Å². The van der Waals surface area contributed by atoms with Crippen LogP contribution in [-0.4, -0.2) is 41.1 Å². The highest BCUT2D eigenvalue weighted by molar-refractivity contribution is 6.07. The Morgan fingerprint density at radius 1 is 1.43 bits per heavy atom. The molecule has 0 bridgehead atoms. The highest BCUT2D eigenvalue weighted by Crippen LogP contribution is 2.22. The predicted molar refractivity (Wildman–Crippen MR) is 94.7 cm³/mol. The molecule has 1 atom stereocenters. The molecule has 1 saturated heterocycles. The van der Waals surface area contributed by atoms with E-state index in [1.165, 1.54) is 12.8 Å². The van der Waals surface area contributed by atoms with E-state index < -0.39 is 0 Å². The number of aromatic nitrogens is 1. The number of nitrogens with one attached hydrogen (secondary N) is 1. The molecule has 0 aliphatic carbocycles. The van der Waals surface area contributed by atoms with E-state index in [1.807, 2.05) is 36.5 Å². The molecule has 1 amide bonds. The standard InChI is InChI=1S/C19H25N3O/c1-3-11-22-14-17(16-9-5-6-10-18(16)22)19(23)20-13-15-8-7-12-21(15)4-2/h3,5-6,9-10,14-15H,1,4,7-8,11-13H2,2H3,(H,20,23)/t15-/m1/s1. The lowest BCUT2D eigenvalue weighted by atomic mass is 10.1. The molecule has 4 heteroatoms. The van der Waals surface area contributed by atoms with Crippen molar-refractivity contribution in [2.75, 3.05) is 19.6 Å². The van der Waals surface area contributed by atoms with Crippen LogP contribution in [0.4, 0.5) is 0 Å². The average Bonchev–Trinajstić information content (AvgIpc) is 3.18. The fourth-order valence-corrected chi connectivity index (χ4v) is 3.57. The van der Waals surface area contributed by atoms with Gasteiger partial charge in [0.1, 0.15) is 0 Å². The summed E-state index contributed by atoms with van der Waals surface area (Å²) >= 11 is 0. The van der Waals surface area contributed by atoms with E-state index in [0.29, 0.717) is 12.6 Å². The number of fused-ring (bicyclic) bond motifs is 1. The lowest BCUT2D eigenvalue weighted by Crippen LogP contribution is -2.40. The zero-order valence-corrected chi connectivity index (χ0v) is 13.8. The van der Waals surface area contributed by atoms with E-state index in [-0.39, 0.29) is 5.91 Å². The van der Waals surface area contributed by atoms with Crippen molar-refractivity contribution in [1.29, 1.82) is 0 Å². The minimum Gasteiger partial charge on any atom is -0.350 e. The molecule has 23 heavy (non-hydrogen) atoms. The first kappa shape index (κ1) is 15.8. The third-order valence-electron chi connectivity index (χ3n) is 4.76. The fourth-order valence-electron chi connectivity index (χ4n) is 3.57. The maximum Gasteiger partial charge on any atom is 0.253 e. The number of hydrogen-bond donors (Lipinski definition) is 1. The van der Waals surface area contributed by atoms with E-state index in [9.17, 15) is 4.79 Å². The van der Waals surface area contributed by atoms with Crippen LogP contribution in [0, 0.1) is 0 Å². The normalized spacial score (nSPS) is 18.4. The topological polar surface area (TPSA) is 37.3 Å². The number of carbonyl (C=O) groups is 1. The van der Waals surface area contributed by atoms with Gasteiger partial charge in [-0.25, -0.2) is 0 Å². The largest absolute Gasteiger partial charge is 0.350 e. The Morgan fingerprint density at radius 2 is 2.26 bits per heavy atom. The van der Waals surface area contributed by atoms with E-state index in [4.69, 9.17) is 0 Å². The third-order valence-corrected chi connectivity index (χ3v) is 4.76. The summed E-state index contributed by atoms with van der Waals surface area (Å²) < 4.78 is 2.07. The van der Waals surface area contributed by atoms with Crippen LogP contribution in [0.15, 0.2) is 43.1 Å². The van der Waals surface area contributed by atoms with Gasteiger partial charge in [-0.2, -0.15) is 0 Å². The molecule has 1 aliphatic heterocycles. The second kappa shape index (κ2) is 7.01. The summed E-state index contributed by atoms with van der Waals surface area (Å²) in [4.78, 5) is 15.1. The molecule has 0 saturated carbocycles. The molecule has 2 heterocycles. The number of hydrogen-bond acceptors (Lipinski definition) is 2.